The molecule has 0 radical (unpaired) electrons. The lowest BCUT2D eigenvalue weighted by atomic mass is 10.3. The molecular weight excluding hydrogens is 174 g/mol. The van der Waals surface area contributed by atoms with E-state index in [0.29, 0.717) is 26.3 Å². The van der Waals surface area contributed by atoms with Crippen molar-refractivity contribution in [2.75, 3.05) is 33.4 Å². The lowest BCUT2D eigenvalue weighted by Gasteiger charge is -2.26. The van der Waals surface area contributed by atoms with E-state index >= 15 is 0 Å². The first kappa shape index (κ1) is 9.98. The van der Waals surface area contributed by atoms with Crippen LogP contribution in [-0.2, 0) is 19.1 Å². The van der Waals surface area contributed by atoms with Crippen LogP contribution in [0, 0.1) is 0 Å². The summed E-state index contributed by atoms with van der Waals surface area (Å²) in [6, 6.07) is 0. The highest BCUT2D eigenvalue weighted by Crippen LogP contribution is 2.00. The molecule has 1 aliphatic rings. The van der Waals surface area contributed by atoms with Crippen molar-refractivity contribution in [1.82, 2.24) is 4.90 Å². The average Bonchev–Trinajstić information content (AvgIpc) is 2.19. The molecule has 1 fully saturated rings. The van der Waals surface area contributed by atoms with E-state index in [4.69, 9.17) is 4.74 Å². The van der Waals surface area contributed by atoms with Gasteiger partial charge in [-0.2, -0.15) is 0 Å². The van der Waals surface area contributed by atoms with E-state index in [0.717, 1.165) is 0 Å². The van der Waals surface area contributed by atoms with E-state index < -0.39 is 5.97 Å². The summed E-state index contributed by atoms with van der Waals surface area (Å²) < 4.78 is 9.47. The monoisotopic (exact) mass is 187 g/mol. The molecule has 0 N–H and O–H groups in total. The number of ether oxygens (including phenoxy) is 2. The lowest BCUT2D eigenvalue weighted by Crippen LogP contribution is -2.41. The first-order valence-electron chi connectivity index (χ1n) is 4.16. The van der Waals surface area contributed by atoms with Gasteiger partial charge in [-0.05, 0) is 0 Å². The number of morpholine rings is 1. The number of nitrogens with zero attached hydrogens (tertiary/aromatic N) is 1. The zero-order valence-corrected chi connectivity index (χ0v) is 7.62. The van der Waals surface area contributed by atoms with Crippen LogP contribution in [0.5, 0.6) is 0 Å². The van der Waals surface area contributed by atoms with Gasteiger partial charge in [-0.3, -0.25) is 9.59 Å². The smallest absolute Gasteiger partial charge is 0.315 e. The maximum atomic E-state index is 11.3. The van der Waals surface area contributed by atoms with Crippen LogP contribution >= 0.6 is 0 Å². The van der Waals surface area contributed by atoms with Gasteiger partial charge >= 0.3 is 5.97 Å². The summed E-state index contributed by atoms with van der Waals surface area (Å²) in [6.07, 6.45) is -0.170. The van der Waals surface area contributed by atoms with Crippen LogP contribution < -0.4 is 0 Å². The van der Waals surface area contributed by atoms with Crippen LogP contribution in [0.3, 0.4) is 0 Å². The number of hydrogen-bond donors (Lipinski definition) is 0. The van der Waals surface area contributed by atoms with Crippen LogP contribution in [-0.4, -0.2) is 50.2 Å². The molecule has 0 unspecified atom stereocenters. The van der Waals surface area contributed by atoms with Crippen molar-refractivity contribution in [1.29, 1.82) is 0 Å². The molecule has 13 heavy (non-hydrogen) atoms. The number of carbonyl (C=O) groups excluding carboxylic acids is 2. The Hall–Kier alpha value is -1.10. The highest BCUT2D eigenvalue weighted by molar-refractivity contribution is 5.94. The predicted octanol–water partition coefficient (Wildman–Crippen LogP) is -0.592. The molecule has 5 nitrogen and oxygen atoms in total. The van der Waals surface area contributed by atoms with Crippen molar-refractivity contribution in [3.8, 4) is 0 Å². The van der Waals surface area contributed by atoms with Gasteiger partial charge in [0, 0.05) is 13.1 Å². The van der Waals surface area contributed by atoms with Gasteiger partial charge in [-0.25, -0.2) is 0 Å². The summed E-state index contributed by atoms with van der Waals surface area (Å²) in [4.78, 5) is 23.7. The third-order valence-electron chi connectivity index (χ3n) is 1.89. The molecule has 0 aliphatic carbocycles. The summed E-state index contributed by atoms with van der Waals surface area (Å²) in [5, 5.41) is 0. The van der Waals surface area contributed by atoms with E-state index in [1.54, 1.807) is 4.90 Å². The quantitative estimate of drug-likeness (QED) is 0.428. The fourth-order valence-electron chi connectivity index (χ4n) is 1.12. The summed E-state index contributed by atoms with van der Waals surface area (Å²) in [6.45, 7) is 2.23. The predicted molar refractivity (Wildman–Crippen MR) is 44.0 cm³/mol. The molecule has 1 rings (SSSR count). The number of amides is 1. The molecule has 5 heteroatoms. The Morgan fingerprint density at radius 1 is 1.38 bits per heavy atom. The minimum atomic E-state index is -0.489. The molecule has 0 aromatic heterocycles. The molecule has 1 heterocycles. The summed E-state index contributed by atoms with van der Waals surface area (Å²) in [5.41, 5.74) is 0. The zero-order valence-electron chi connectivity index (χ0n) is 7.62. The van der Waals surface area contributed by atoms with Crippen molar-refractivity contribution < 1.29 is 19.1 Å². The maximum absolute atomic E-state index is 11.3. The fraction of sp³-hybridized carbons (Fsp3) is 0.750. The maximum Gasteiger partial charge on any atom is 0.315 e. The van der Waals surface area contributed by atoms with Crippen molar-refractivity contribution in [3.63, 3.8) is 0 Å². The molecular formula is C8H13NO4. The van der Waals surface area contributed by atoms with E-state index in [1.807, 2.05) is 0 Å². The second kappa shape index (κ2) is 4.81. The Kier molecular flexibility index (Phi) is 3.70. The van der Waals surface area contributed by atoms with Gasteiger partial charge in [0.2, 0.25) is 5.91 Å². The van der Waals surface area contributed by atoms with Gasteiger partial charge in [0.15, 0.2) is 0 Å². The van der Waals surface area contributed by atoms with Gasteiger partial charge < -0.3 is 14.4 Å². The molecule has 0 spiro atoms. The summed E-state index contributed by atoms with van der Waals surface area (Å²) in [7, 11) is 1.27. The Bertz CT molecular complexity index is 198. The van der Waals surface area contributed by atoms with Crippen molar-refractivity contribution in [2.24, 2.45) is 0 Å². The second-order valence-electron chi connectivity index (χ2n) is 2.75. The number of carbonyl (C=O) groups is 2. The van der Waals surface area contributed by atoms with Crippen molar-refractivity contribution in [3.05, 3.63) is 0 Å². The first-order chi connectivity index (χ1) is 6.24. The van der Waals surface area contributed by atoms with Crippen molar-refractivity contribution >= 4 is 11.9 Å². The highest BCUT2D eigenvalue weighted by atomic mass is 16.5. The van der Waals surface area contributed by atoms with E-state index in [1.165, 1.54) is 7.11 Å². The van der Waals surface area contributed by atoms with Gasteiger partial charge in [0.1, 0.15) is 6.42 Å². The third-order valence-corrected chi connectivity index (χ3v) is 1.89. The number of esters is 1. The Morgan fingerprint density at radius 2 is 2.00 bits per heavy atom. The van der Waals surface area contributed by atoms with Gasteiger partial charge in [0.05, 0.1) is 20.3 Å². The van der Waals surface area contributed by atoms with E-state index in [-0.39, 0.29) is 12.3 Å². The Labute approximate surface area is 76.6 Å². The van der Waals surface area contributed by atoms with Gasteiger partial charge in [0.25, 0.3) is 0 Å². The molecule has 0 aromatic carbocycles. The Balaban J connectivity index is 2.33. The van der Waals surface area contributed by atoms with Gasteiger partial charge in [-0.15, -0.1) is 0 Å². The minimum absolute atomic E-state index is 0.170. The standard InChI is InChI=1S/C8H13NO4/c1-12-8(11)6-7(10)9-2-4-13-5-3-9/h2-6H2,1H3. The number of methoxy groups -OCH3 is 1. The van der Waals surface area contributed by atoms with E-state index in [2.05, 4.69) is 4.74 Å². The Morgan fingerprint density at radius 3 is 2.54 bits per heavy atom. The first-order valence-corrected chi connectivity index (χ1v) is 4.16. The highest BCUT2D eigenvalue weighted by Gasteiger charge is 2.19. The largest absolute Gasteiger partial charge is 0.469 e. The van der Waals surface area contributed by atoms with Crippen LogP contribution in [0.2, 0.25) is 0 Å². The van der Waals surface area contributed by atoms with Crippen LogP contribution in [0.25, 0.3) is 0 Å². The molecule has 0 atom stereocenters. The topological polar surface area (TPSA) is 55.8 Å². The molecule has 0 saturated carbocycles. The normalized spacial score (nSPS) is 16.8. The number of hydrogen-bond acceptors (Lipinski definition) is 4. The molecule has 0 bridgehead atoms. The van der Waals surface area contributed by atoms with Crippen molar-refractivity contribution in [2.45, 2.75) is 6.42 Å². The molecule has 1 saturated heterocycles. The van der Waals surface area contributed by atoms with Gasteiger partial charge in [-0.1, -0.05) is 0 Å². The van der Waals surface area contributed by atoms with Crippen LogP contribution in [0.1, 0.15) is 6.42 Å². The molecule has 1 aliphatic heterocycles. The third kappa shape index (κ3) is 3.02. The molecule has 1 amide bonds. The van der Waals surface area contributed by atoms with Crippen LogP contribution in [0.15, 0.2) is 0 Å². The zero-order chi connectivity index (χ0) is 9.68. The van der Waals surface area contributed by atoms with Crippen LogP contribution in [0.4, 0.5) is 0 Å². The lowest BCUT2D eigenvalue weighted by molar-refractivity contribution is -0.148. The molecule has 0 aromatic rings. The van der Waals surface area contributed by atoms with E-state index in [9.17, 15) is 9.59 Å². The summed E-state index contributed by atoms with van der Waals surface area (Å²) >= 11 is 0. The average molecular weight is 187 g/mol. The minimum Gasteiger partial charge on any atom is -0.469 e. The SMILES string of the molecule is COC(=O)CC(=O)N1CCOCC1. The fourth-order valence-corrected chi connectivity index (χ4v) is 1.12. The second-order valence-corrected chi connectivity index (χ2v) is 2.75. The summed E-state index contributed by atoms with van der Waals surface area (Å²) in [5.74, 6) is -0.674. The molecule has 74 valence electrons. The number of rotatable bonds is 2.